The zero-order valence-corrected chi connectivity index (χ0v) is 10.9. The molecule has 1 atom stereocenters. The standard InChI is InChI=1S/C13H15ClFN3/c1-2-7-18-8-6-17-13(18)12(16)11-9(14)4-3-5-10(11)15/h3-6,8,12H,2,7,16H2,1H3. The van der Waals surface area contributed by atoms with Crippen molar-refractivity contribution in [2.45, 2.75) is 25.9 Å². The van der Waals surface area contributed by atoms with Gasteiger partial charge in [0, 0.05) is 29.5 Å². The van der Waals surface area contributed by atoms with E-state index in [0.717, 1.165) is 13.0 Å². The molecule has 3 nitrogen and oxygen atoms in total. The Balaban J connectivity index is 2.41. The molecule has 2 N–H and O–H groups in total. The van der Waals surface area contributed by atoms with Gasteiger partial charge in [-0.05, 0) is 18.6 Å². The first-order chi connectivity index (χ1) is 8.65. The zero-order valence-electron chi connectivity index (χ0n) is 10.1. The molecule has 0 bridgehead atoms. The van der Waals surface area contributed by atoms with E-state index in [-0.39, 0.29) is 0 Å². The highest BCUT2D eigenvalue weighted by atomic mass is 35.5. The van der Waals surface area contributed by atoms with E-state index in [1.807, 2.05) is 10.8 Å². The number of aryl methyl sites for hydroxylation is 1. The normalized spacial score (nSPS) is 12.7. The maximum atomic E-state index is 13.8. The molecule has 1 aromatic carbocycles. The van der Waals surface area contributed by atoms with E-state index >= 15 is 0 Å². The molecule has 5 heteroatoms. The topological polar surface area (TPSA) is 43.8 Å². The van der Waals surface area contributed by atoms with E-state index in [1.54, 1.807) is 18.3 Å². The van der Waals surface area contributed by atoms with Gasteiger partial charge in [0.25, 0.3) is 0 Å². The molecule has 0 amide bonds. The molecule has 96 valence electrons. The van der Waals surface area contributed by atoms with Crippen LogP contribution >= 0.6 is 11.6 Å². The summed E-state index contributed by atoms with van der Waals surface area (Å²) in [6, 6.07) is 3.90. The molecule has 0 saturated carbocycles. The van der Waals surface area contributed by atoms with Crippen molar-refractivity contribution in [3.8, 4) is 0 Å². The third-order valence-corrected chi connectivity index (χ3v) is 3.13. The van der Waals surface area contributed by atoms with Crippen molar-refractivity contribution in [1.82, 2.24) is 9.55 Å². The number of rotatable bonds is 4. The Bertz CT molecular complexity index is 519. The molecular formula is C13H15ClFN3. The van der Waals surface area contributed by atoms with Gasteiger partial charge < -0.3 is 10.3 Å². The number of nitrogens with zero attached hydrogens (tertiary/aromatic N) is 2. The molecule has 0 aliphatic heterocycles. The van der Waals surface area contributed by atoms with Crippen molar-refractivity contribution < 1.29 is 4.39 Å². The van der Waals surface area contributed by atoms with Crippen LogP contribution in [-0.2, 0) is 6.54 Å². The molecule has 1 aromatic heterocycles. The highest BCUT2D eigenvalue weighted by molar-refractivity contribution is 6.31. The number of halogens is 2. The van der Waals surface area contributed by atoms with Crippen LogP contribution in [0.25, 0.3) is 0 Å². The SMILES string of the molecule is CCCn1ccnc1C(N)c1c(F)cccc1Cl. The van der Waals surface area contributed by atoms with Gasteiger partial charge in [0.15, 0.2) is 0 Å². The fraction of sp³-hybridized carbons (Fsp3) is 0.308. The molecule has 0 spiro atoms. The summed E-state index contributed by atoms with van der Waals surface area (Å²) in [6.45, 7) is 2.86. The summed E-state index contributed by atoms with van der Waals surface area (Å²) in [4.78, 5) is 4.21. The molecule has 2 aromatic rings. The average Bonchev–Trinajstić information content (AvgIpc) is 2.77. The van der Waals surface area contributed by atoms with E-state index < -0.39 is 11.9 Å². The van der Waals surface area contributed by atoms with Crippen LogP contribution in [0.3, 0.4) is 0 Å². The Hall–Kier alpha value is -1.39. The second-order valence-corrected chi connectivity index (χ2v) is 4.50. The minimum absolute atomic E-state index is 0.294. The van der Waals surface area contributed by atoms with Crippen LogP contribution in [0.4, 0.5) is 4.39 Å². The summed E-state index contributed by atoms with van der Waals surface area (Å²) in [5.41, 5.74) is 6.38. The molecule has 0 saturated heterocycles. The van der Waals surface area contributed by atoms with E-state index in [2.05, 4.69) is 11.9 Å². The summed E-state index contributed by atoms with van der Waals surface area (Å²) < 4.78 is 15.7. The van der Waals surface area contributed by atoms with Crippen molar-refractivity contribution in [3.63, 3.8) is 0 Å². The Labute approximate surface area is 110 Å². The predicted molar refractivity (Wildman–Crippen MR) is 70.0 cm³/mol. The second-order valence-electron chi connectivity index (χ2n) is 4.09. The quantitative estimate of drug-likeness (QED) is 0.925. The largest absolute Gasteiger partial charge is 0.333 e. The van der Waals surface area contributed by atoms with E-state index in [9.17, 15) is 4.39 Å². The minimum atomic E-state index is -0.653. The Morgan fingerprint density at radius 3 is 2.94 bits per heavy atom. The molecular weight excluding hydrogens is 253 g/mol. The summed E-state index contributed by atoms with van der Waals surface area (Å²) in [5, 5.41) is 0.327. The maximum absolute atomic E-state index is 13.8. The number of aromatic nitrogens is 2. The number of hydrogen-bond acceptors (Lipinski definition) is 2. The van der Waals surface area contributed by atoms with Gasteiger partial charge in [0.2, 0.25) is 0 Å². The van der Waals surface area contributed by atoms with E-state index in [1.165, 1.54) is 6.07 Å². The van der Waals surface area contributed by atoms with Crippen LogP contribution in [0.5, 0.6) is 0 Å². The zero-order chi connectivity index (χ0) is 13.1. The Morgan fingerprint density at radius 2 is 2.28 bits per heavy atom. The first-order valence-corrected chi connectivity index (χ1v) is 6.23. The Kier molecular flexibility index (Phi) is 3.99. The van der Waals surface area contributed by atoms with Gasteiger partial charge in [0.05, 0.1) is 6.04 Å². The fourth-order valence-corrected chi connectivity index (χ4v) is 2.25. The molecule has 1 heterocycles. The summed E-state index contributed by atoms with van der Waals surface area (Å²) >= 11 is 6.01. The van der Waals surface area contributed by atoms with E-state index in [4.69, 9.17) is 17.3 Å². The van der Waals surface area contributed by atoms with Gasteiger partial charge in [0.1, 0.15) is 11.6 Å². The molecule has 18 heavy (non-hydrogen) atoms. The molecule has 0 aliphatic carbocycles. The van der Waals surface area contributed by atoms with Crippen molar-refractivity contribution in [2.75, 3.05) is 0 Å². The smallest absolute Gasteiger partial charge is 0.130 e. The lowest BCUT2D eigenvalue weighted by Crippen LogP contribution is -2.19. The number of benzene rings is 1. The van der Waals surface area contributed by atoms with Crippen LogP contribution in [-0.4, -0.2) is 9.55 Å². The van der Waals surface area contributed by atoms with Crippen molar-refractivity contribution in [1.29, 1.82) is 0 Å². The van der Waals surface area contributed by atoms with Crippen LogP contribution in [0.2, 0.25) is 5.02 Å². The lowest BCUT2D eigenvalue weighted by Gasteiger charge is -2.16. The van der Waals surface area contributed by atoms with Gasteiger partial charge in [-0.3, -0.25) is 0 Å². The third kappa shape index (κ3) is 2.40. The van der Waals surface area contributed by atoms with Crippen molar-refractivity contribution in [3.05, 3.63) is 52.8 Å². The number of hydrogen-bond donors (Lipinski definition) is 1. The first-order valence-electron chi connectivity index (χ1n) is 5.85. The highest BCUT2D eigenvalue weighted by Crippen LogP contribution is 2.28. The predicted octanol–water partition coefficient (Wildman–Crippen LogP) is 3.13. The van der Waals surface area contributed by atoms with E-state index in [0.29, 0.717) is 16.4 Å². The Morgan fingerprint density at radius 1 is 1.50 bits per heavy atom. The van der Waals surface area contributed by atoms with Crippen LogP contribution in [0, 0.1) is 5.82 Å². The van der Waals surface area contributed by atoms with Gasteiger partial charge in [-0.2, -0.15) is 0 Å². The van der Waals surface area contributed by atoms with Gasteiger partial charge in [-0.25, -0.2) is 9.37 Å². The van der Waals surface area contributed by atoms with Crippen LogP contribution in [0.1, 0.15) is 30.8 Å². The second kappa shape index (κ2) is 5.50. The molecule has 0 fully saturated rings. The molecule has 0 aliphatic rings. The lowest BCUT2D eigenvalue weighted by molar-refractivity contribution is 0.571. The molecule has 2 rings (SSSR count). The van der Waals surface area contributed by atoms with Gasteiger partial charge >= 0.3 is 0 Å². The van der Waals surface area contributed by atoms with Crippen LogP contribution in [0.15, 0.2) is 30.6 Å². The average molecular weight is 268 g/mol. The summed E-state index contributed by atoms with van der Waals surface area (Å²) in [6.07, 6.45) is 4.47. The van der Waals surface area contributed by atoms with Gasteiger partial charge in [-0.1, -0.05) is 24.6 Å². The summed E-state index contributed by atoms with van der Waals surface area (Å²) in [5.74, 6) is 0.227. The highest BCUT2D eigenvalue weighted by Gasteiger charge is 2.20. The molecule has 1 unspecified atom stereocenters. The maximum Gasteiger partial charge on any atom is 0.130 e. The molecule has 0 radical (unpaired) electrons. The van der Waals surface area contributed by atoms with Crippen molar-refractivity contribution in [2.24, 2.45) is 5.73 Å². The fourth-order valence-electron chi connectivity index (χ4n) is 1.97. The lowest BCUT2D eigenvalue weighted by atomic mass is 10.1. The summed E-state index contributed by atoms with van der Waals surface area (Å²) in [7, 11) is 0. The minimum Gasteiger partial charge on any atom is -0.333 e. The first kappa shape index (κ1) is 13.1. The third-order valence-electron chi connectivity index (χ3n) is 2.80. The number of nitrogens with two attached hydrogens (primary N) is 1. The van der Waals surface area contributed by atoms with Crippen LogP contribution < -0.4 is 5.73 Å². The van der Waals surface area contributed by atoms with Crippen molar-refractivity contribution >= 4 is 11.6 Å². The van der Waals surface area contributed by atoms with Gasteiger partial charge in [-0.15, -0.1) is 0 Å². The number of imidazole rings is 1. The monoisotopic (exact) mass is 267 g/mol.